The summed E-state index contributed by atoms with van der Waals surface area (Å²) in [6.45, 7) is 4.66. The van der Waals surface area contributed by atoms with E-state index in [9.17, 15) is 14.9 Å². The van der Waals surface area contributed by atoms with Gasteiger partial charge in [-0.3, -0.25) is 19.8 Å². The van der Waals surface area contributed by atoms with Gasteiger partial charge in [0.1, 0.15) is 4.88 Å². The molecule has 0 atom stereocenters. The fraction of sp³-hybridized carbons (Fsp3) is 0.273. The number of piperazine rings is 1. The minimum absolute atomic E-state index is 0.0847. The number of thiazole rings is 1. The average Bonchev–Trinajstić information content (AvgIpc) is 3.40. The Kier molecular flexibility index (Phi) is 6.15. The van der Waals surface area contributed by atoms with Gasteiger partial charge in [0.05, 0.1) is 20.2 Å². The summed E-state index contributed by atoms with van der Waals surface area (Å²) in [5, 5.41) is 16.3. The van der Waals surface area contributed by atoms with Gasteiger partial charge in [0, 0.05) is 61.5 Å². The van der Waals surface area contributed by atoms with Crippen LogP contribution < -0.4 is 10.2 Å². The van der Waals surface area contributed by atoms with Crippen molar-refractivity contribution in [3.63, 3.8) is 0 Å². The number of benzene rings is 2. The molecule has 1 N–H and O–H groups in total. The third-order valence-electron chi connectivity index (χ3n) is 5.67. The molecule has 2 aromatic carbocycles. The van der Waals surface area contributed by atoms with Crippen LogP contribution in [-0.4, -0.2) is 60.0 Å². The molecular formula is C22H20ClN5O3S2. The second-order valence-electron chi connectivity index (χ2n) is 7.73. The SMILES string of the molecule is O=C(NCCN1CCN(c2nc3ccc([N+](=O)[O-])cc3s2)CC1)c1sc2ccccc2c1Cl. The van der Waals surface area contributed by atoms with Gasteiger partial charge in [-0.15, -0.1) is 11.3 Å². The molecule has 170 valence electrons. The number of carbonyl (C=O) groups is 1. The Morgan fingerprint density at radius 1 is 1.12 bits per heavy atom. The number of hydrogen-bond donors (Lipinski definition) is 1. The second-order valence-corrected chi connectivity index (χ2v) is 10.2. The first kappa shape index (κ1) is 22.0. The van der Waals surface area contributed by atoms with Crippen LogP contribution >= 0.6 is 34.3 Å². The molecule has 11 heteroatoms. The van der Waals surface area contributed by atoms with E-state index in [4.69, 9.17) is 11.6 Å². The van der Waals surface area contributed by atoms with E-state index in [2.05, 4.69) is 20.1 Å². The smallest absolute Gasteiger partial charge is 0.270 e. The van der Waals surface area contributed by atoms with Crippen LogP contribution in [0, 0.1) is 10.1 Å². The van der Waals surface area contributed by atoms with Crippen molar-refractivity contribution in [3.8, 4) is 0 Å². The zero-order chi connectivity index (χ0) is 22.9. The Morgan fingerprint density at radius 2 is 1.91 bits per heavy atom. The number of halogens is 1. The predicted octanol–water partition coefficient (Wildman–Crippen LogP) is 4.62. The molecule has 0 spiro atoms. The standard InChI is InChI=1S/C22H20ClN5O3S2/c23-19-15-3-1-2-4-17(15)32-20(19)21(29)24-7-8-26-9-11-27(12-10-26)22-25-16-6-5-14(28(30)31)13-18(16)33-22/h1-6,13H,7-12H2,(H,24,29). The van der Waals surface area contributed by atoms with Gasteiger partial charge in [0.25, 0.3) is 11.6 Å². The molecule has 4 aromatic rings. The number of carbonyl (C=O) groups excluding carboxylic acids is 1. The molecule has 0 saturated carbocycles. The fourth-order valence-corrected chi connectivity index (χ4v) is 6.36. The van der Waals surface area contributed by atoms with Gasteiger partial charge in [0.2, 0.25) is 0 Å². The number of aromatic nitrogens is 1. The molecule has 5 rings (SSSR count). The number of hydrogen-bond acceptors (Lipinski definition) is 8. The van der Waals surface area contributed by atoms with Crippen molar-refractivity contribution in [2.45, 2.75) is 0 Å². The van der Waals surface area contributed by atoms with E-state index in [0.717, 1.165) is 58.2 Å². The number of rotatable bonds is 6. The number of fused-ring (bicyclic) bond motifs is 2. The van der Waals surface area contributed by atoms with Gasteiger partial charge in [-0.1, -0.05) is 41.1 Å². The van der Waals surface area contributed by atoms with Gasteiger partial charge < -0.3 is 10.2 Å². The van der Waals surface area contributed by atoms with Crippen molar-refractivity contribution in [1.29, 1.82) is 0 Å². The summed E-state index contributed by atoms with van der Waals surface area (Å²) in [6.07, 6.45) is 0. The highest BCUT2D eigenvalue weighted by Crippen LogP contribution is 2.35. The van der Waals surface area contributed by atoms with E-state index >= 15 is 0 Å². The highest BCUT2D eigenvalue weighted by atomic mass is 35.5. The summed E-state index contributed by atoms with van der Waals surface area (Å²) in [7, 11) is 0. The van der Waals surface area contributed by atoms with Gasteiger partial charge in [-0.2, -0.15) is 0 Å². The van der Waals surface area contributed by atoms with Gasteiger partial charge in [-0.25, -0.2) is 4.98 Å². The van der Waals surface area contributed by atoms with Crippen molar-refractivity contribution in [3.05, 3.63) is 62.5 Å². The Hall–Kier alpha value is -2.79. The van der Waals surface area contributed by atoms with Crippen LogP contribution in [-0.2, 0) is 0 Å². The predicted molar refractivity (Wildman–Crippen MR) is 134 cm³/mol. The van der Waals surface area contributed by atoms with Crippen molar-refractivity contribution in [2.75, 3.05) is 44.2 Å². The zero-order valence-corrected chi connectivity index (χ0v) is 19.9. The van der Waals surface area contributed by atoms with E-state index in [-0.39, 0.29) is 16.5 Å². The summed E-state index contributed by atoms with van der Waals surface area (Å²) >= 11 is 9.30. The van der Waals surface area contributed by atoms with Crippen molar-refractivity contribution in [2.24, 2.45) is 0 Å². The molecular weight excluding hydrogens is 482 g/mol. The van der Waals surface area contributed by atoms with E-state index in [1.807, 2.05) is 24.3 Å². The maximum atomic E-state index is 12.6. The largest absolute Gasteiger partial charge is 0.350 e. The summed E-state index contributed by atoms with van der Waals surface area (Å²) < 4.78 is 1.83. The van der Waals surface area contributed by atoms with Crippen LogP contribution in [0.5, 0.6) is 0 Å². The Bertz CT molecular complexity index is 1350. The Balaban J connectivity index is 1.13. The molecule has 33 heavy (non-hydrogen) atoms. The third kappa shape index (κ3) is 4.51. The maximum Gasteiger partial charge on any atom is 0.270 e. The molecule has 1 amide bonds. The Morgan fingerprint density at radius 3 is 2.67 bits per heavy atom. The molecule has 0 aliphatic carbocycles. The molecule has 3 heterocycles. The molecule has 1 saturated heterocycles. The van der Waals surface area contributed by atoms with Crippen LogP contribution in [0.1, 0.15) is 9.67 Å². The molecule has 8 nitrogen and oxygen atoms in total. The number of nitro groups is 1. The number of nitrogens with zero attached hydrogens (tertiary/aromatic N) is 4. The average molecular weight is 502 g/mol. The number of nitrogens with one attached hydrogen (secondary N) is 1. The summed E-state index contributed by atoms with van der Waals surface area (Å²) in [6, 6.07) is 12.5. The molecule has 1 aliphatic heterocycles. The minimum atomic E-state index is -0.384. The molecule has 1 aliphatic rings. The number of thiophene rings is 1. The maximum absolute atomic E-state index is 12.6. The van der Waals surface area contributed by atoms with E-state index in [0.29, 0.717) is 16.4 Å². The highest BCUT2D eigenvalue weighted by Gasteiger charge is 2.21. The van der Waals surface area contributed by atoms with Crippen LogP contribution in [0.25, 0.3) is 20.3 Å². The normalized spacial score (nSPS) is 14.8. The van der Waals surface area contributed by atoms with Crippen LogP contribution in [0.3, 0.4) is 0 Å². The first-order valence-electron chi connectivity index (χ1n) is 10.5. The van der Waals surface area contributed by atoms with E-state index in [1.165, 1.54) is 28.7 Å². The van der Waals surface area contributed by atoms with Crippen LogP contribution in [0.4, 0.5) is 10.8 Å². The highest BCUT2D eigenvalue weighted by molar-refractivity contribution is 7.22. The quantitative estimate of drug-likeness (QED) is 0.306. The van der Waals surface area contributed by atoms with Gasteiger partial charge in [-0.05, 0) is 12.1 Å². The lowest BCUT2D eigenvalue weighted by Gasteiger charge is -2.34. The zero-order valence-electron chi connectivity index (χ0n) is 17.5. The lowest BCUT2D eigenvalue weighted by molar-refractivity contribution is -0.384. The van der Waals surface area contributed by atoms with E-state index < -0.39 is 0 Å². The topological polar surface area (TPSA) is 91.6 Å². The first-order chi connectivity index (χ1) is 16.0. The van der Waals surface area contributed by atoms with Crippen LogP contribution in [0.2, 0.25) is 5.02 Å². The number of amides is 1. The molecule has 2 aromatic heterocycles. The summed E-state index contributed by atoms with van der Waals surface area (Å²) in [4.78, 5) is 32.9. The summed E-state index contributed by atoms with van der Waals surface area (Å²) in [5.41, 5.74) is 0.868. The lowest BCUT2D eigenvalue weighted by atomic mass is 10.2. The van der Waals surface area contributed by atoms with E-state index in [1.54, 1.807) is 12.1 Å². The first-order valence-corrected chi connectivity index (χ1v) is 12.5. The molecule has 0 radical (unpaired) electrons. The number of non-ortho nitro benzene ring substituents is 1. The van der Waals surface area contributed by atoms with Crippen molar-refractivity contribution < 1.29 is 9.72 Å². The van der Waals surface area contributed by atoms with Crippen molar-refractivity contribution in [1.82, 2.24) is 15.2 Å². The van der Waals surface area contributed by atoms with Gasteiger partial charge >= 0.3 is 0 Å². The molecule has 1 fully saturated rings. The van der Waals surface area contributed by atoms with Crippen molar-refractivity contribution >= 4 is 71.3 Å². The monoisotopic (exact) mass is 501 g/mol. The third-order valence-corrected chi connectivity index (χ3v) is 8.42. The molecule has 0 bridgehead atoms. The van der Waals surface area contributed by atoms with Crippen LogP contribution in [0.15, 0.2) is 42.5 Å². The fourth-order valence-electron chi connectivity index (χ4n) is 3.88. The molecule has 0 unspecified atom stereocenters. The number of nitro benzene ring substituents is 1. The minimum Gasteiger partial charge on any atom is -0.350 e. The lowest BCUT2D eigenvalue weighted by Crippen LogP contribution is -2.48. The Labute approximate surface area is 202 Å². The summed E-state index contributed by atoms with van der Waals surface area (Å²) in [5.74, 6) is -0.136. The van der Waals surface area contributed by atoms with Gasteiger partial charge in [0.15, 0.2) is 5.13 Å². The number of anilines is 1. The second kappa shape index (κ2) is 9.22.